The van der Waals surface area contributed by atoms with Crippen LogP contribution in [0.15, 0.2) is 29.8 Å². The van der Waals surface area contributed by atoms with Gasteiger partial charge < -0.3 is 4.74 Å². The molecular weight excluding hydrogens is 296 g/mol. The Kier molecular flexibility index (Phi) is 4.58. The topological polar surface area (TPSA) is 26.3 Å². The van der Waals surface area contributed by atoms with Crippen molar-refractivity contribution in [2.24, 2.45) is 5.41 Å². The molecule has 2 aliphatic carbocycles. The lowest BCUT2D eigenvalue weighted by Crippen LogP contribution is -2.18. The second kappa shape index (κ2) is 6.45. The van der Waals surface area contributed by atoms with Crippen LogP contribution in [0.2, 0.25) is 0 Å². The van der Waals surface area contributed by atoms with Crippen molar-refractivity contribution in [2.75, 3.05) is 7.11 Å². The summed E-state index contributed by atoms with van der Waals surface area (Å²) < 4.78 is 5.31. The summed E-state index contributed by atoms with van der Waals surface area (Å²) in [5, 5.41) is 0.880. The van der Waals surface area contributed by atoms with E-state index < -0.39 is 0 Å². The van der Waals surface area contributed by atoms with Crippen LogP contribution in [-0.2, 0) is 4.79 Å². The molecule has 0 amide bonds. The van der Waals surface area contributed by atoms with Crippen LogP contribution in [0.25, 0.3) is 5.03 Å². The predicted molar refractivity (Wildman–Crippen MR) is 90.1 cm³/mol. The van der Waals surface area contributed by atoms with E-state index in [-0.39, 0.29) is 5.41 Å². The van der Waals surface area contributed by atoms with Crippen LogP contribution in [0.1, 0.15) is 56.9 Å². The quantitative estimate of drug-likeness (QED) is 0.735. The Hall–Kier alpha value is -1.28. The Morgan fingerprint density at radius 1 is 1.14 bits per heavy atom. The molecule has 0 heterocycles. The average molecular weight is 319 g/mol. The van der Waals surface area contributed by atoms with E-state index >= 15 is 0 Å². The van der Waals surface area contributed by atoms with Crippen molar-refractivity contribution in [2.45, 2.75) is 51.4 Å². The van der Waals surface area contributed by atoms with Gasteiger partial charge in [0.25, 0.3) is 0 Å². The lowest BCUT2D eigenvalue weighted by Gasteiger charge is -2.30. The molecule has 0 aromatic heterocycles. The number of halogens is 1. The number of allylic oxidation sites excluding steroid dienone is 1. The minimum atomic E-state index is 0.159. The molecule has 1 atom stereocenters. The Bertz CT molecular complexity index is 605. The Labute approximate surface area is 137 Å². The van der Waals surface area contributed by atoms with Gasteiger partial charge in [0.2, 0.25) is 0 Å². The fraction of sp³-hybridized carbons (Fsp3) is 0.526. The third-order valence-electron chi connectivity index (χ3n) is 5.30. The van der Waals surface area contributed by atoms with Gasteiger partial charge in [-0.2, -0.15) is 0 Å². The number of ketones is 1. The van der Waals surface area contributed by atoms with Gasteiger partial charge in [-0.25, -0.2) is 0 Å². The maximum atomic E-state index is 11.8. The molecule has 2 fully saturated rings. The van der Waals surface area contributed by atoms with E-state index in [2.05, 4.69) is 0 Å². The summed E-state index contributed by atoms with van der Waals surface area (Å²) in [4.78, 5) is 11.8. The molecule has 118 valence electrons. The number of carbonyl (C=O) groups excluding carboxylic acids is 1. The lowest BCUT2D eigenvalue weighted by atomic mass is 9.75. The highest BCUT2D eigenvalue weighted by Crippen LogP contribution is 2.54. The Morgan fingerprint density at radius 2 is 1.91 bits per heavy atom. The number of benzene rings is 1. The molecule has 3 rings (SSSR count). The summed E-state index contributed by atoms with van der Waals surface area (Å²) in [6.07, 6.45) is 7.96. The summed E-state index contributed by atoms with van der Waals surface area (Å²) >= 11 is 6.79. The minimum absolute atomic E-state index is 0.159. The predicted octanol–water partition coefficient (Wildman–Crippen LogP) is 5.35. The molecular formula is C19H23ClO2. The summed E-state index contributed by atoms with van der Waals surface area (Å²) in [6, 6.07) is 7.97. The first-order valence-corrected chi connectivity index (χ1v) is 8.58. The molecule has 1 unspecified atom stereocenters. The van der Waals surface area contributed by atoms with Crippen LogP contribution in [0.3, 0.4) is 0 Å². The first-order chi connectivity index (χ1) is 10.6. The van der Waals surface area contributed by atoms with Crippen molar-refractivity contribution in [3.63, 3.8) is 0 Å². The van der Waals surface area contributed by atoms with Gasteiger partial charge in [0.15, 0.2) is 0 Å². The minimum Gasteiger partial charge on any atom is -0.497 e. The fourth-order valence-corrected chi connectivity index (χ4v) is 4.51. The summed E-state index contributed by atoms with van der Waals surface area (Å²) in [5.74, 6) is 1.25. The van der Waals surface area contributed by atoms with Gasteiger partial charge in [0.05, 0.1) is 7.11 Å². The molecule has 0 radical (unpaired) electrons. The molecule has 1 aromatic carbocycles. The van der Waals surface area contributed by atoms with Crippen LogP contribution >= 0.6 is 11.6 Å². The van der Waals surface area contributed by atoms with Crippen molar-refractivity contribution in [1.29, 1.82) is 0 Å². The molecule has 3 heteroatoms. The van der Waals surface area contributed by atoms with Crippen LogP contribution in [0, 0.1) is 5.41 Å². The zero-order valence-corrected chi connectivity index (χ0v) is 13.9. The van der Waals surface area contributed by atoms with Crippen molar-refractivity contribution in [3.8, 4) is 5.75 Å². The standard InChI is InChI=1S/C19H23ClO2/c1-22-16-7-2-5-14(13-16)18(20)17-8-4-11-19(17)10-3-6-15(21)9-12-19/h2,5,7,13H,3-4,6,8-12H2,1H3/b18-17+. The average Bonchev–Trinajstić information content (AvgIpc) is 2.86. The second-order valence-corrected chi connectivity index (χ2v) is 6.93. The van der Waals surface area contributed by atoms with Gasteiger partial charge >= 0.3 is 0 Å². The maximum Gasteiger partial charge on any atom is 0.132 e. The van der Waals surface area contributed by atoms with Gasteiger partial charge in [-0.1, -0.05) is 23.7 Å². The van der Waals surface area contributed by atoms with Crippen LogP contribution in [0.4, 0.5) is 0 Å². The van der Waals surface area contributed by atoms with E-state index in [1.165, 1.54) is 18.4 Å². The zero-order valence-electron chi connectivity index (χ0n) is 13.2. The number of ether oxygens (including phenoxy) is 1. The van der Waals surface area contributed by atoms with Gasteiger partial charge in [-0.05, 0) is 67.2 Å². The van der Waals surface area contributed by atoms with Crippen molar-refractivity contribution < 1.29 is 9.53 Å². The van der Waals surface area contributed by atoms with E-state index in [1.54, 1.807) is 7.11 Å². The number of hydrogen-bond acceptors (Lipinski definition) is 2. The molecule has 22 heavy (non-hydrogen) atoms. The lowest BCUT2D eigenvalue weighted by molar-refractivity contribution is -0.119. The fourth-order valence-electron chi connectivity index (χ4n) is 4.10. The van der Waals surface area contributed by atoms with E-state index in [9.17, 15) is 4.79 Å². The van der Waals surface area contributed by atoms with Gasteiger partial charge in [0, 0.05) is 17.9 Å². The molecule has 2 nitrogen and oxygen atoms in total. The van der Waals surface area contributed by atoms with E-state index in [1.807, 2.05) is 24.3 Å². The monoisotopic (exact) mass is 318 g/mol. The first kappa shape index (κ1) is 15.6. The normalized spacial score (nSPS) is 27.8. The third-order valence-corrected chi connectivity index (χ3v) is 5.75. The SMILES string of the molecule is COc1cccc(/C(Cl)=C2/CCCC23CCCC(=O)CC3)c1. The molecule has 2 aliphatic rings. The van der Waals surface area contributed by atoms with Crippen LogP contribution in [0.5, 0.6) is 5.75 Å². The Morgan fingerprint density at radius 3 is 2.68 bits per heavy atom. The summed E-state index contributed by atoms with van der Waals surface area (Å²) in [6.45, 7) is 0. The highest BCUT2D eigenvalue weighted by molar-refractivity contribution is 6.49. The molecule has 0 aliphatic heterocycles. The molecule has 2 saturated carbocycles. The largest absolute Gasteiger partial charge is 0.497 e. The number of Topliss-reactive ketones (excluding diaryl/α,β-unsaturated/α-hetero) is 1. The van der Waals surface area contributed by atoms with Gasteiger partial charge in [-0.15, -0.1) is 0 Å². The summed E-state index contributed by atoms with van der Waals surface area (Å²) in [7, 11) is 1.67. The highest BCUT2D eigenvalue weighted by Gasteiger charge is 2.41. The highest BCUT2D eigenvalue weighted by atomic mass is 35.5. The molecule has 1 aromatic rings. The van der Waals surface area contributed by atoms with Crippen LogP contribution < -0.4 is 4.74 Å². The third kappa shape index (κ3) is 2.94. The van der Waals surface area contributed by atoms with Gasteiger partial charge in [0.1, 0.15) is 11.5 Å². The smallest absolute Gasteiger partial charge is 0.132 e. The Balaban J connectivity index is 1.97. The summed E-state index contributed by atoms with van der Waals surface area (Å²) in [5.41, 5.74) is 2.57. The number of methoxy groups -OCH3 is 1. The molecule has 0 N–H and O–H groups in total. The second-order valence-electron chi connectivity index (χ2n) is 6.55. The first-order valence-electron chi connectivity index (χ1n) is 8.20. The van der Waals surface area contributed by atoms with Crippen molar-refractivity contribution >= 4 is 22.4 Å². The van der Waals surface area contributed by atoms with Gasteiger partial charge in [-0.3, -0.25) is 4.79 Å². The van der Waals surface area contributed by atoms with Crippen molar-refractivity contribution in [3.05, 3.63) is 35.4 Å². The molecule has 1 spiro atoms. The van der Waals surface area contributed by atoms with E-state index in [4.69, 9.17) is 16.3 Å². The molecule has 0 saturated heterocycles. The number of hydrogen-bond donors (Lipinski definition) is 0. The van der Waals surface area contributed by atoms with Crippen LogP contribution in [-0.4, -0.2) is 12.9 Å². The maximum absolute atomic E-state index is 11.8. The zero-order chi connectivity index (χ0) is 15.6. The van der Waals surface area contributed by atoms with E-state index in [0.717, 1.165) is 48.4 Å². The van der Waals surface area contributed by atoms with Crippen molar-refractivity contribution in [1.82, 2.24) is 0 Å². The molecule has 0 bridgehead atoms. The number of rotatable bonds is 2. The number of carbonyl (C=O) groups is 1. The van der Waals surface area contributed by atoms with E-state index in [0.29, 0.717) is 12.2 Å².